The smallest absolute Gasteiger partial charge is 0.238 e. The second kappa shape index (κ2) is 8.73. The third-order valence-electron chi connectivity index (χ3n) is 6.36. The molecule has 162 valence electrons. The van der Waals surface area contributed by atoms with E-state index in [-0.39, 0.29) is 18.9 Å². The maximum atomic E-state index is 13.5. The van der Waals surface area contributed by atoms with Gasteiger partial charge >= 0.3 is 0 Å². The van der Waals surface area contributed by atoms with Crippen LogP contribution in [0.2, 0.25) is 0 Å². The number of ether oxygens (including phenoxy) is 1. The zero-order chi connectivity index (χ0) is 21.3. The number of aromatic nitrogens is 1. The van der Waals surface area contributed by atoms with Crippen LogP contribution in [0.1, 0.15) is 19.3 Å². The van der Waals surface area contributed by atoms with E-state index < -0.39 is 12.3 Å². The Labute approximate surface area is 176 Å². The van der Waals surface area contributed by atoms with E-state index in [0.29, 0.717) is 12.6 Å². The summed E-state index contributed by atoms with van der Waals surface area (Å²) >= 11 is 0. The van der Waals surface area contributed by atoms with E-state index in [0.717, 1.165) is 48.3 Å². The van der Waals surface area contributed by atoms with E-state index in [4.69, 9.17) is 10.5 Å². The van der Waals surface area contributed by atoms with Gasteiger partial charge in [-0.05, 0) is 25.0 Å². The molecule has 4 rings (SSSR count). The number of nitrogens with zero attached hydrogens (tertiary/aromatic N) is 4. The van der Waals surface area contributed by atoms with Crippen molar-refractivity contribution < 1.29 is 13.9 Å². The molecule has 2 atom stereocenters. The Balaban J connectivity index is 1.35. The SMILES string of the molecule is COc1cccc2cc(N(C)C3CCN(CC(=O)N4C[C@@H](F)C[C@H]4N)CC3)cnc12. The molecular formula is C22H30FN5O2. The monoisotopic (exact) mass is 415 g/mol. The third kappa shape index (κ3) is 4.20. The summed E-state index contributed by atoms with van der Waals surface area (Å²) in [5.74, 6) is 0.707. The Kier molecular flexibility index (Phi) is 6.06. The average Bonchev–Trinajstić information content (AvgIpc) is 3.11. The van der Waals surface area contributed by atoms with Crippen molar-refractivity contribution in [3.05, 3.63) is 30.5 Å². The predicted molar refractivity (Wildman–Crippen MR) is 115 cm³/mol. The minimum atomic E-state index is -1.00. The maximum Gasteiger partial charge on any atom is 0.238 e. The quantitative estimate of drug-likeness (QED) is 0.805. The summed E-state index contributed by atoms with van der Waals surface area (Å²) in [6.45, 7) is 2.10. The van der Waals surface area contributed by atoms with Gasteiger partial charge in [0.2, 0.25) is 5.91 Å². The molecule has 0 spiro atoms. The summed E-state index contributed by atoms with van der Waals surface area (Å²) in [5.41, 5.74) is 7.82. The molecular weight excluding hydrogens is 385 g/mol. The average molecular weight is 416 g/mol. The highest BCUT2D eigenvalue weighted by atomic mass is 19.1. The number of carbonyl (C=O) groups excluding carboxylic acids is 1. The zero-order valence-corrected chi connectivity index (χ0v) is 17.6. The normalized spacial score (nSPS) is 23.1. The number of benzene rings is 1. The van der Waals surface area contributed by atoms with E-state index in [1.54, 1.807) is 7.11 Å². The summed E-state index contributed by atoms with van der Waals surface area (Å²) < 4.78 is 18.9. The number of amides is 1. The van der Waals surface area contributed by atoms with Gasteiger partial charge in [0.05, 0.1) is 38.2 Å². The van der Waals surface area contributed by atoms with Crippen molar-refractivity contribution in [3.8, 4) is 5.75 Å². The number of para-hydroxylation sites is 1. The summed E-state index contributed by atoms with van der Waals surface area (Å²) in [4.78, 5) is 23.0. The van der Waals surface area contributed by atoms with E-state index >= 15 is 0 Å². The number of halogens is 1. The van der Waals surface area contributed by atoms with Crippen molar-refractivity contribution >= 4 is 22.5 Å². The lowest BCUT2D eigenvalue weighted by atomic mass is 10.0. The molecule has 2 aliphatic rings. The summed E-state index contributed by atoms with van der Waals surface area (Å²) in [6.07, 6.45) is 2.55. The number of hydrogen-bond acceptors (Lipinski definition) is 6. The number of anilines is 1. The highest BCUT2D eigenvalue weighted by Crippen LogP contribution is 2.28. The molecule has 1 aromatic carbocycles. The largest absolute Gasteiger partial charge is 0.494 e. The van der Waals surface area contributed by atoms with Gasteiger partial charge in [0, 0.05) is 38.0 Å². The molecule has 2 saturated heterocycles. The second-order valence-electron chi connectivity index (χ2n) is 8.29. The molecule has 2 N–H and O–H groups in total. The van der Waals surface area contributed by atoms with Crippen LogP contribution in [-0.4, -0.2) is 79.4 Å². The summed E-state index contributed by atoms with van der Waals surface area (Å²) in [7, 11) is 3.75. The van der Waals surface area contributed by atoms with Crippen LogP contribution in [0.15, 0.2) is 30.5 Å². The van der Waals surface area contributed by atoms with Gasteiger partial charge in [0.25, 0.3) is 0 Å². The topological polar surface area (TPSA) is 74.9 Å². The number of hydrogen-bond donors (Lipinski definition) is 1. The molecule has 30 heavy (non-hydrogen) atoms. The number of fused-ring (bicyclic) bond motifs is 1. The maximum absolute atomic E-state index is 13.5. The molecule has 0 radical (unpaired) electrons. The fourth-order valence-electron chi connectivity index (χ4n) is 4.54. The minimum absolute atomic E-state index is 0.0675. The number of carbonyl (C=O) groups is 1. The van der Waals surface area contributed by atoms with Crippen molar-refractivity contribution in [3.63, 3.8) is 0 Å². The van der Waals surface area contributed by atoms with Crippen molar-refractivity contribution in [2.45, 2.75) is 37.6 Å². The van der Waals surface area contributed by atoms with Gasteiger partial charge in [-0.15, -0.1) is 0 Å². The molecule has 0 bridgehead atoms. The zero-order valence-electron chi connectivity index (χ0n) is 17.6. The molecule has 8 heteroatoms. The molecule has 2 aromatic rings. The van der Waals surface area contributed by atoms with Gasteiger partial charge in [-0.25, -0.2) is 4.39 Å². The van der Waals surface area contributed by atoms with Crippen LogP contribution in [0.4, 0.5) is 10.1 Å². The number of likely N-dealkylation sites (tertiary alicyclic amines) is 2. The first-order valence-corrected chi connectivity index (χ1v) is 10.5. The van der Waals surface area contributed by atoms with Crippen molar-refractivity contribution in [2.75, 3.05) is 45.2 Å². The van der Waals surface area contributed by atoms with Crippen molar-refractivity contribution in [1.82, 2.24) is 14.8 Å². The van der Waals surface area contributed by atoms with Gasteiger partial charge in [0.1, 0.15) is 17.4 Å². The molecule has 3 heterocycles. The Morgan fingerprint density at radius 1 is 1.37 bits per heavy atom. The van der Waals surface area contributed by atoms with Gasteiger partial charge < -0.3 is 20.3 Å². The molecule has 0 aliphatic carbocycles. The van der Waals surface area contributed by atoms with E-state index in [2.05, 4.69) is 27.9 Å². The predicted octanol–water partition coefficient (Wildman–Crippen LogP) is 2.00. The van der Waals surface area contributed by atoms with Gasteiger partial charge in [-0.2, -0.15) is 0 Å². The molecule has 0 unspecified atom stereocenters. The molecule has 1 amide bonds. The first kappa shape index (κ1) is 20.8. The summed E-state index contributed by atoms with van der Waals surface area (Å²) in [5, 5.41) is 1.05. The number of piperidine rings is 1. The van der Waals surface area contributed by atoms with Crippen molar-refractivity contribution in [1.29, 1.82) is 0 Å². The number of nitrogens with two attached hydrogens (primary N) is 1. The third-order valence-corrected chi connectivity index (χ3v) is 6.36. The Bertz CT molecular complexity index is 902. The van der Waals surface area contributed by atoms with E-state index in [9.17, 15) is 9.18 Å². The van der Waals surface area contributed by atoms with E-state index in [1.807, 2.05) is 24.4 Å². The number of methoxy groups -OCH3 is 1. The number of alkyl halides is 1. The van der Waals surface area contributed by atoms with Gasteiger partial charge in [0.15, 0.2) is 0 Å². The van der Waals surface area contributed by atoms with Gasteiger partial charge in [-0.1, -0.05) is 12.1 Å². The first-order chi connectivity index (χ1) is 14.5. The lowest BCUT2D eigenvalue weighted by Crippen LogP contribution is -2.49. The number of pyridine rings is 1. The molecule has 0 saturated carbocycles. The van der Waals surface area contributed by atoms with Crippen molar-refractivity contribution in [2.24, 2.45) is 5.73 Å². The van der Waals surface area contributed by atoms with Crippen LogP contribution in [0.3, 0.4) is 0 Å². The first-order valence-electron chi connectivity index (χ1n) is 10.5. The fourth-order valence-corrected chi connectivity index (χ4v) is 4.54. The fraction of sp³-hybridized carbons (Fsp3) is 0.545. The molecule has 2 fully saturated rings. The highest BCUT2D eigenvalue weighted by Gasteiger charge is 2.34. The molecule has 2 aliphatic heterocycles. The Morgan fingerprint density at radius 2 is 2.13 bits per heavy atom. The standard InChI is InChI=1S/C22H30FN5O2/c1-26(18-10-15-4-3-5-19(30-2)22(15)25-12-18)17-6-8-27(9-7-17)14-21(29)28-13-16(23)11-20(28)24/h3-5,10,12,16-17,20H,6-9,11,13-14,24H2,1-2H3/t16-,20-/m0/s1. The van der Waals surface area contributed by atoms with E-state index in [1.165, 1.54) is 4.90 Å². The lowest BCUT2D eigenvalue weighted by molar-refractivity contribution is -0.133. The number of rotatable bonds is 5. The van der Waals surface area contributed by atoms with Crippen LogP contribution in [0.25, 0.3) is 10.9 Å². The molecule has 1 aromatic heterocycles. The van der Waals surface area contributed by atoms with Crippen LogP contribution in [0.5, 0.6) is 5.75 Å². The van der Waals surface area contributed by atoms with Crippen LogP contribution >= 0.6 is 0 Å². The summed E-state index contributed by atoms with van der Waals surface area (Å²) in [6, 6.07) is 8.45. The second-order valence-corrected chi connectivity index (χ2v) is 8.29. The highest BCUT2D eigenvalue weighted by molar-refractivity contribution is 5.86. The Hall–Kier alpha value is -2.45. The molecule has 7 nitrogen and oxygen atoms in total. The van der Waals surface area contributed by atoms with Crippen LogP contribution in [0, 0.1) is 0 Å². The van der Waals surface area contributed by atoms with Crippen LogP contribution < -0.4 is 15.4 Å². The van der Waals surface area contributed by atoms with Gasteiger partial charge in [-0.3, -0.25) is 14.7 Å². The Morgan fingerprint density at radius 3 is 2.80 bits per heavy atom. The lowest BCUT2D eigenvalue weighted by Gasteiger charge is -2.38. The minimum Gasteiger partial charge on any atom is -0.494 e. The van der Waals surface area contributed by atoms with Crippen LogP contribution in [-0.2, 0) is 4.79 Å².